The lowest BCUT2D eigenvalue weighted by Gasteiger charge is -2.13. The van der Waals surface area contributed by atoms with Crippen LogP contribution in [0.5, 0.6) is 5.75 Å². The van der Waals surface area contributed by atoms with E-state index in [9.17, 15) is 9.59 Å². The summed E-state index contributed by atoms with van der Waals surface area (Å²) >= 11 is 1.48. The molecule has 0 fully saturated rings. The molecule has 1 unspecified atom stereocenters. The van der Waals surface area contributed by atoms with Gasteiger partial charge in [0.05, 0.1) is 18.3 Å². The lowest BCUT2D eigenvalue weighted by molar-refractivity contribution is 0.0527. The summed E-state index contributed by atoms with van der Waals surface area (Å²) in [4.78, 5) is 26.2. The molecule has 144 valence electrons. The maximum atomic E-state index is 12.7. The van der Waals surface area contributed by atoms with Crippen molar-refractivity contribution in [3.8, 4) is 5.75 Å². The first-order chi connectivity index (χ1) is 13.0. The van der Waals surface area contributed by atoms with E-state index in [1.54, 1.807) is 31.2 Å². The second kappa shape index (κ2) is 8.57. The van der Waals surface area contributed by atoms with Crippen molar-refractivity contribution in [3.05, 3.63) is 45.8 Å². The van der Waals surface area contributed by atoms with Gasteiger partial charge in [0.25, 0.3) is 5.91 Å². The van der Waals surface area contributed by atoms with E-state index in [2.05, 4.69) is 12.2 Å². The number of carbonyl (C=O) groups is 2. The van der Waals surface area contributed by atoms with Gasteiger partial charge in [-0.15, -0.1) is 11.3 Å². The van der Waals surface area contributed by atoms with Gasteiger partial charge in [-0.2, -0.15) is 0 Å². The minimum atomic E-state index is -0.357. The Bertz CT molecular complexity index is 825. The average Bonchev–Trinajstić information content (AvgIpc) is 3.22. The first kappa shape index (κ1) is 19.4. The topological polar surface area (TPSA) is 64.6 Å². The van der Waals surface area contributed by atoms with Crippen molar-refractivity contribution in [1.29, 1.82) is 0 Å². The van der Waals surface area contributed by atoms with Crippen molar-refractivity contribution in [3.63, 3.8) is 0 Å². The smallest absolute Gasteiger partial charge is 0.341 e. The lowest BCUT2D eigenvalue weighted by Crippen LogP contribution is -2.15. The van der Waals surface area contributed by atoms with Crippen LogP contribution in [-0.2, 0) is 17.6 Å². The number of nitrogens with one attached hydrogen (secondary N) is 1. The van der Waals surface area contributed by atoms with Crippen molar-refractivity contribution < 1.29 is 19.1 Å². The fourth-order valence-corrected chi connectivity index (χ4v) is 4.36. The molecule has 1 aliphatic rings. The summed E-state index contributed by atoms with van der Waals surface area (Å²) in [7, 11) is 0. The normalized spacial score (nSPS) is 13.7. The van der Waals surface area contributed by atoms with E-state index >= 15 is 0 Å². The molecule has 0 spiro atoms. The molecule has 0 aliphatic heterocycles. The third-order valence-electron chi connectivity index (χ3n) is 4.66. The lowest BCUT2D eigenvalue weighted by atomic mass is 10.1. The molecule has 1 aromatic heterocycles. The molecule has 3 rings (SSSR count). The van der Waals surface area contributed by atoms with Crippen LogP contribution in [0.4, 0.5) is 5.00 Å². The first-order valence-corrected chi connectivity index (χ1v) is 10.2. The summed E-state index contributed by atoms with van der Waals surface area (Å²) in [5.74, 6) is 0.142. The van der Waals surface area contributed by atoms with Crippen LogP contribution in [0.25, 0.3) is 0 Å². The van der Waals surface area contributed by atoms with E-state index in [1.165, 1.54) is 16.2 Å². The number of carbonyl (C=O) groups excluding carboxylic acids is 2. The van der Waals surface area contributed by atoms with Crippen LogP contribution < -0.4 is 10.1 Å². The summed E-state index contributed by atoms with van der Waals surface area (Å²) < 4.78 is 10.9. The molecule has 0 radical (unpaired) electrons. The fraction of sp³-hybridized carbons (Fsp3) is 0.429. The highest BCUT2D eigenvalue weighted by molar-refractivity contribution is 7.17. The summed E-state index contributed by atoms with van der Waals surface area (Å²) in [5, 5.41) is 3.49. The molecule has 1 aromatic carbocycles. The Kier molecular flexibility index (Phi) is 6.16. The van der Waals surface area contributed by atoms with E-state index in [-0.39, 0.29) is 18.0 Å². The van der Waals surface area contributed by atoms with Gasteiger partial charge in [-0.05, 0) is 69.4 Å². The van der Waals surface area contributed by atoms with Gasteiger partial charge in [-0.25, -0.2) is 4.79 Å². The molecule has 1 atom stereocenters. The highest BCUT2D eigenvalue weighted by atomic mass is 32.1. The predicted octanol–water partition coefficient (Wildman–Crippen LogP) is 4.84. The number of ether oxygens (including phenoxy) is 2. The van der Waals surface area contributed by atoms with Gasteiger partial charge in [0.15, 0.2) is 0 Å². The standard InChI is InChI=1S/C21H25NO4S/c1-4-13(3)26-15-11-9-14(10-12-15)19(23)22-20-18(21(24)25-5-2)16-7-6-8-17(16)27-20/h9-13H,4-8H2,1-3H3,(H,22,23). The Morgan fingerprint density at radius 3 is 2.59 bits per heavy atom. The molecule has 27 heavy (non-hydrogen) atoms. The van der Waals surface area contributed by atoms with Crippen molar-refractivity contribution in [2.45, 2.75) is 52.6 Å². The molecular weight excluding hydrogens is 362 g/mol. The van der Waals surface area contributed by atoms with Gasteiger partial charge < -0.3 is 14.8 Å². The van der Waals surface area contributed by atoms with Crippen molar-refractivity contribution >= 4 is 28.2 Å². The minimum Gasteiger partial charge on any atom is -0.491 e. The van der Waals surface area contributed by atoms with Crippen LogP contribution in [0.3, 0.4) is 0 Å². The molecule has 0 bridgehead atoms. The number of rotatable bonds is 7. The zero-order valence-electron chi connectivity index (χ0n) is 16.0. The Labute approximate surface area is 163 Å². The van der Waals surface area contributed by atoms with Crippen LogP contribution in [0.15, 0.2) is 24.3 Å². The van der Waals surface area contributed by atoms with Gasteiger partial charge in [-0.3, -0.25) is 4.79 Å². The van der Waals surface area contributed by atoms with Gasteiger partial charge in [0.1, 0.15) is 10.8 Å². The zero-order chi connectivity index (χ0) is 19.4. The molecule has 2 aromatic rings. The third kappa shape index (κ3) is 4.33. The summed E-state index contributed by atoms with van der Waals surface area (Å²) in [6.45, 7) is 6.17. The van der Waals surface area contributed by atoms with E-state index < -0.39 is 0 Å². The monoisotopic (exact) mass is 387 g/mol. The summed E-state index contributed by atoms with van der Waals surface area (Å²) in [6.07, 6.45) is 3.90. The predicted molar refractivity (Wildman–Crippen MR) is 107 cm³/mol. The summed E-state index contributed by atoms with van der Waals surface area (Å²) in [5.41, 5.74) is 2.08. The molecule has 1 heterocycles. The second-order valence-electron chi connectivity index (χ2n) is 6.60. The van der Waals surface area contributed by atoms with E-state index in [0.717, 1.165) is 37.0 Å². The highest BCUT2D eigenvalue weighted by Gasteiger charge is 2.28. The van der Waals surface area contributed by atoms with Gasteiger partial charge in [0.2, 0.25) is 0 Å². The summed E-state index contributed by atoms with van der Waals surface area (Å²) in [6, 6.07) is 7.06. The maximum absolute atomic E-state index is 12.7. The highest BCUT2D eigenvalue weighted by Crippen LogP contribution is 2.39. The SMILES string of the molecule is CCOC(=O)c1c(NC(=O)c2ccc(OC(C)CC)cc2)sc2c1CCC2. The molecule has 1 N–H and O–H groups in total. The molecular formula is C21H25NO4S. The van der Waals surface area contributed by atoms with Crippen molar-refractivity contribution in [2.75, 3.05) is 11.9 Å². The number of esters is 1. The van der Waals surface area contributed by atoms with E-state index in [1.807, 2.05) is 6.92 Å². The minimum absolute atomic E-state index is 0.130. The van der Waals surface area contributed by atoms with Crippen LogP contribution in [0.1, 0.15) is 64.8 Å². The van der Waals surface area contributed by atoms with Gasteiger partial charge in [0, 0.05) is 10.4 Å². The number of amides is 1. The number of anilines is 1. The molecule has 0 saturated carbocycles. The maximum Gasteiger partial charge on any atom is 0.341 e. The van der Waals surface area contributed by atoms with Crippen molar-refractivity contribution in [2.24, 2.45) is 0 Å². The number of benzene rings is 1. The van der Waals surface area contributed by atoms with Crippen molar-refractivity contribution in [1.82, 2.24) is 0 Å². The molecule has 5 nitrogen and oxygen atoms in total. The van der Waals surface area contributed by atoms with Crippen LogP contribution in [0, 0.1) is 0 Å². The Morgan fingerprint density at radius 1 is 1.19 bits per heavy atom. The first-order valence-electron chi connectivity index (χ1n) is 9.43. The Hall–Kier alpha value is -2.34. The molecule has 1 aliphatic carbocycles. The zero-order valence-corrected chi connectivity index (χ0v) is 16.8. The molecule has 0 saturated heterocycles. The number of hydrogen-bond donors (Lipinski definition) is 1. The quantitative estimate of drug-likeness (QED) is 0.690. The van der Waals surface area contributed by atoms with Gasteiger partial charge >= 0.3 is 5.97 Å². The number of fused-ring (bicyclic) bond motifs is 1. The second-order valence-corrected chi connectivity index (χ2v) is 7.70. The van der Waals surface area contributed by atoms with Crippen LogP contribution in [0.2, 0.25) is 0 Å². The fourth-order valence-electron chi connectivity index (χ4n) is 3.09. The average molecular weight is 388 g/mol. The van der Waals surface area contributed by atoms with Crippen LogP contribution >= 0.6 is 11.3 Å². The largest absolute Gasteiger partial charge is 0.491 e. The van der Waals surface area contributed by atoms with E-state index in [4.69, 9.17) is 9.47 Å². The van der Waals surface area contributed by atoms with Crippen LogP contribution in [-0.4, -0.2) is 24.6 Å². The Morgan fingerprint density at radius 2 is 1.93 bits per heavy atom. The molecule has 1 amide bonds. The van der Waals surface area contributed by atoms with Gasteiger partial charge in [-0.1, -0.05) is 6.92 Å². The third-order valence-corrected chi connectivity index (χ3v) is 5.86. The molecule has 6 heteroatoms. The van der Waals surface area contributed by atoms with E-state index in [0.29, 0.717) is 22.7 Å². The Balaban J connectivity index is 1.77. The number of hydrogen-bond acceptors (Lipinski definition) is 5. The number of aryl methyl sites for hydroxylation is 1. The number of thiophene rings is 1.